The summed E-state index contributed by atoms with van der Waals surface area (Å²) in [4.78, 5) is 19.6. The van der Waals surface area contributed by atoms with E-state index in [1.807, 2.05) is 38.1 Å². The average Bonchev–Trinajstić information content (AvgIpc) is 3.07. The first-order valence-corrected chi connectivity index (χ1v) is 8.73. The van der Waals surface area contributed by atoms with Crippen molar-refractivity contribution in [2.75, 3.05) is 6.54 Å². The molecular weight excluding hydrogens is 320 g/mol. The number of aryl methyl sites for hydroxylation is 3. The smallest absolute Gasteiger partial charge is 0.266 e. The lowest BCUT2D eigenvalue weighted by atomic mass is 10.1. The number of carbonyl (C=O) groups excluding carboxylic acids is 1. The summed E-state index contributed by atoms with van der Waals surface area (Å²) in [6.45, 7) is 8.56. The Labute approximate surface area is 146 Å². The summed E-state index contributed by atoms with van der Waals surface area (Å²) >= 11 is 1.39. The molecular formula is C19H20N2O2S. The van der Waals surface area contributed by atoms with Gasteiger partial charge in [-0.1, -0.05) is 6.07 Å². The Balaban J connectivity index is 1.93. The zero-order valence-corrected chi connectivity index (χ0v) is 15.1. The number of thioether (sulfide) groups is 1. The summed E-state index contributed by atoms with van der Waals surface area (Å²) in [5.41, 5.74) is 3.29. The molecule has 2 heterocycles. The molecule has 1 aromatic heterocycles. The molecule has 5 heteroatoms. The highest BCUT2D eigenvalue weighted by molar-refractivity contribution is 8.18. The van der Waals surface area contributed by atoms with E-state index in [0.29, 0.717) is 22.4 Å². The van der Waals surface area contributed by atoms with Gasteiger partial charge in [0.05, 0.1) is 10.6 Å². The molecule has 1 aliphatic heterocycles. The Morgan fingerprint density at radius 1 is 1.17 bits per heavy atom. The molecule has 1 fully saturated rings. The van der Waals surface area contributed by atoms with Crippen LogP contribution in [0.4, 0.5) is 5.69 Å². The van der Waals surface area contributed by atoms with Crippen molar-refractivity contribution in [3.63, 3.8) is 0 Å². The minimum atomic E-state index is -0.0286. The number of furan rings is 1. The molecule has 0 radical (unpaired) electrons. The molecule has 24 heavy (non-hydrogen) atoms. The lowest BCUT2D eigenvalue weighted by Gasteiger charge is -2.12. The van der Waals surface area contributed by atoms with Crippen molar-refractivity contribution >= 4 is 34.6 Å². The van der Waals surface area contributed by atoms with E-state index in [0.717, 1.165) is 11.4 Å². The SMILES string of the molecule is CCN1C(=O)/C(=C/c2ccc(C)o2)SC1=Nc1ccc(C)c(C)c1. The summed E-state index contributed by atoms with van der Waals surface area (Å²) in [6.07, 6.45) is 1.78. The fourth-order valence-corrected chi connectivity index (χ4v) is 3.48. The number of hydrogen-bond acceptors (Lipinski definition) is 4. The first-order valence-electron chi connectivity index (χ1n) is 7.91. The van der Waals surface area contributed by atoms with Crippen LogP contribution in [0.2, 0.25) is 0 Å². The third-order valence-electron chi connectivity index (χ3n) is 3.95. The van der Waals surface area contributed by atoms with Gasteiger partial charge in [0.25, 0.3) is 5.91 Å². The van der Waals surface area contributed by atoms with Gasteiger partial charge in [0.2, 0.25) is 0 Å². The predicted octanol–water partition coefficient (Wildman–Crippen LogP) is 4.83. The number of hydrogen-bond donors (Lipinski definition) is 0. The highest BCUT2D eigenvalue weighted by Gasteiger charge is 2.32. The fourth-order valence-electron chi connectivity index (χ4n) is 2.44. The van der Waals surface area contributed by atoms with E-state index in [-0.39, 0.29) is 5.91 Å². The van der Waals surface area contributed by atoms with E-state index in [1.165, 1.54) is 22.9 Å². The van der Waals surface area contributed by atoms with E-state index in [9.17, 15) is 4.79 Å². The van der Waals surface area contributed by atoms with Gasteiger partial charge in [-0.05, 0) is 74.8 Å². The lowest BCUT2D eigenvalue weighted by molar-refractivity contribution is -0.122. The third kappa shape index (κ3) is 3.31. The van der Waals surface area contributed by atoms with Crippen LogP contribution in [0.5, 0.6) is 0 Å². The van der Waals surface area contributed by atoms with Crippen molar-refractivity contribution in [2.24, 2.45) is 4.99 Å². The van der Waals surface area contributed by atoms with Gasteiger partial charge in [-0.15, -0.1) is 0 Å². The number of rotatable bonds is 3. The first-order chi connectivity index (χ1) is 11.5. The third-order valence-corrected chi connectivity index (χ3v) is 4.96. The molecule has 124 valence electrons. The van der Waals surface area contributed by atoms with Crippen LogP contribution in [0.25, 0.3) is 6.08 Å². The Morgan fingerprint density at radius 3 is 2.58 bits per heavy atom. The number of benzene rings is 1. The quantitative estimate of drug-likeness (QED) is 0.752. The minimum absolute atomic E-state index is 0.0286. The van der Waals surface area contributed by atoms with Crippen LogP contribution >= 0.6 is 11.8 Å². The van der Waals surface area contributed by atoms with E-state index in [1.54, 1.807) is 11.0 Å². The summed E-state index contributed by atoms with van der Waals surface area (Å²) in [7, 11) is 0. The van der Waals surface area contributed by atoms with Crippen molar-refractivity contribution in [3.05, 3.63) is 57.9 Å². The fraction of sp³-hybridized carbons (Fsp3) is 0.263. The van der Waals surface area contributed by atoms with Gasteiger partial charge in [0.15, 0.2) is 5.17 Å². The Kier molecular flexibility index (Phi) is 4.62. The highest BCUT2D eigenvalue weighted by Crippen LogP contribution is 2.34. The molecule has 1 saturated heterocycles. The number of aliphatic imine (C=N–C) groups is 1. The molecule has 1 amide bonds. The van der Waals surface area contributed by atoms with Crippen LogP contribution < -0.4 is 0 Å². The van der Waals surface area contributed by atoms with Crippen molar-refractivity contribution < 1.29 is 9.21 Å². The standard InChI is InChI=1S/C19H20N2O2S/c1-5-21-18(22)17(11-16-9-7-14(4)23-16)24-19(21)20-15-8-6-12(2)13(3)10-15/h6-11H,5H2,1-4H3/b17-11-,20-19?. The zero-order chi connectivity index (χ0) is 17.3. The second kappa shape index (κ2) is 6.69. The van der Waals surface area contributed by atoms with Gasteiger partial charge in [-0.2, -0.15) is 0 Å². The Bertz CT molecular complexity index is 849. The first kappa shape index (κ1) is 16.6. The number of likely N-dealkylation sites (N-methyl/N-ethyl adjacent to an activating group) is 1. The van der Waals surface area contributed by atoms with Crippen molar-refractivity contribution in [2.45, 2.75) is 27.7 Å². The van der Waals surface area contributed by atoms with E-state index < -0.39 is 0 Å². The topological polar surface area (TPSA) is 45.8 Å². The van der Waals surface area contributed by atoms with Gasteiger partial charge in [0, 0.05) is 12.6 Å². The molecule has 1 aromatic carbocycles. The lowest BCUT2D eigenvalue weighted by Crippen LogP contribution is -2.28. The van der Waals surface area contributed by atoms with Crippen LogP contribution in [0.15, 0.2) is 44.6 Å². The van der Waals surface area contributed by atoms with Crippen LogP contribution in [-0.4, -0.2) is 22.5 Å². The molecule has 3 rings (SSSR count). The Morgan fingerprint density at radius 2 is 1.96 bits per heavy atom. The maximum absolute atomic E-state index is 12.6. The second-order valence-electron chi connectivity index (χ2n) is 5.77. The van der Waals surface area contributed by atoms with Gasteiger partial charge in [-0.25, -0.2) is 4.99 Å². The molecule has 0 N–H and O–H groups in total. The normalized spacial score (nSPS) is 18.2. The van der Waals surface area contributed by atoms with Crippen LogP contribution in [0.3, 0.4) is 0 Å². The molecule has 0 atom stereocenters. The van der Waals surface area contributed by atoms with Crippen molar-refractivity contribution in [1.29, 1.82) is 0 Å². The van der Waals surface area contributed by atoms with E-state index in [2.05, 4.69) is 24.9 Å². The number of amides is 1. The van der Waals surface area contributed by atoms with Gasteiger partial charge < -0.3 is 4.42 Å². The molecule has 0 saturated carbocycles. The predicted molar refractivity (Wildman–Crippen MR) is 99.4 cm³/mol. The van der Waals surface area contributed by atoms with E-state index in [4.69, 9.17) is 4.42 Å². The summed E-state index contributed by atoms with van der Waals surface area (Å²) < 4.78 is 5.54. The Hall–Kier alpha value is -2.27. The number of carbonyl (C=O) groups is 1. The van der Waals surface area contributed by atoms with Crippen LogP contribution in [0.1, 0.15) is 29.6 Å². The van der Waals surface area contributed by atoms with Crippen LogP contribution in [0, 0.1) is 20.8 Å². The monoisotopic (exact) mass is 340 g/mol. The zero-order valence-electron chi connectivity index (χ0n) is 14.3. The molecule has 0 aliphatic carbocycles. The summed E-state index contributed by atoms with van der Waals surface area (Å²) in [5, 5.41) is 0.709. The largest absolute Gasteiger partial charge is 0.462 e. The second-order valence-corrected chi connectivity index (χ2v) is 6.78. The van der Waals surface area contributed by atoms with E-state index >= 15 is 0 Å². The number of amidine groups is 1. The van der Waals surface area contributed by atoms with Gasteiger partial charge in [0.1, 0.15) is 11.5 Å². The molecule has 0 bridgehead atoms. The summed E-state index contributed by atoms with van der Waals surface area (Å²) in [5.74, 6) is 1.49. The molecule has 0 spiro atoms. The molecule has 0 unspecified atom stereocenters. The van der Waals surface area contributed by atoms with Crippen LogP contribution in [-0.2, 0) is 4.79 Å². The molecule has 4 nitrogen and oxygen atoms in total. The van der Waals surface area contributed by atoms with Gasteiger partial charge in [-0.3, -0.25) is 9.69 Å². The molecule has 1 aliphatic rings. The van der Waals surface area contributed by atoms with Crippen molar-refractivity contribution in [1.82, 2.24) is 4.90 Å². The average molecular weight is 340 g/mol. The summed E-state index contributed by atoms with van der Waals surface area (Å²) in [6, 6.07) is 9.82. The van der Waals surface area contributed by atoms with Gasteiger partial charge >= 0.3 is 0 Å². The van der Waals surface area contributed by atoms with Crippen molar-refractivity contribution in [3.8, 4) is 0 Å². The number of nitrogens with zero attached hydrogens (tertiary/aromatic N) is 2. The maximum atomic E-state index is 12.6. The maximum Gasteiger partial charge on any atom is 0.266 e. The molecule has 2 aromatic rings. The minimum Gasteiger partial charge on any atom is -0.462 e. The highest BCUT2D eigenvalue weighted by atomic mass is 32.2.